The minimum atomic E-state index is -1.19. The van der Waals surface area contributed by atoms with Gasteiger partial charge in [-0.3, -0.25) is 4.79 Å². The van der Waals surface area contributed by atoms with Gasteiger partial charge >= 0.3 is 5.97 Å². The van der Waals surface area contributed by atoms with Gasteiger partial charge in [-0.15, -0.1) is 0 Å². The van der Waals surface area contributed by atoms with Gasteiger partial charge in [0.15, 0.2) is 11.5 Å². The van der Waals surface area contributed by atoms with Crippen LogP contribution in [0.1, 0.15) is 23.7 Å². The third kappa shape index (κ3) is 3.30. The number of hydrogen-bond donors (Lipinski definition) is 2. The Bertz CT molecular complexity index is 569. The summed E-state index contributed by atoms with van der Waals surface area (Å²) in [7, 11) is 1.49. The van der Waals surface area contributed by atoms with E-state index in [1.165, 1.54) is 18.9 Å². The molecule has 0 spiro atoms. The zero-order valence-corrected chi connectivity index (χ0v) is 13.4. The molecule has 0 saturated carbocycles. The van der Waals surface area contributed by atoms with E-state index in [1.807, 2.05) is 6.92 Å². The van der Waals surface area contributed by atoms with E-state index in [9.17, 15) is 14.7 Å². The van der Waals surface area contributed by atoms with Crippen molar-refractivity contribution in [3.63, 3.8) is 0 Å². The minimum Gasteiger partial charge on any atom is -0.493 e. The van der Waals surface area contributed by atoms with Crippen molar-refractivity contribution in [3.05, 3.63) is 23.8 Å². The minimum absolute atomic E-state index is 0.345. The summed E-state index contributed by atoms with van der Waals surface area (Å²) in [4.78, 5) is 23.8. The van der Waals surface area contributed by atoms with Gasteiger partial charge in [0.2, 0.25) is 0 Å². The average Bonchev–Trinajstić information content (AvgIpc) is 2.97. The number of amides is 1. The number of ether oxygens (including phenoxy) is 2. The lowest BCUT2D eigenvalue weighted by atomic mass is 9.98. The highest BCUT2D eigenvalue weighted by Crippen LogP contribution is 2.30. The lowest BCUT2D eigenvalue weighted by molar-refractivity contribution is -0.143. The molecule has 2 rings (SSSR count). The zero-order chi connectivity index (χ0) is 16.2. The van der Waals surface area contributed by atoms with Gasteiger partial charge in [0.05, 0.1) is 13.7 Å². The van der Waals surface area contributed by atoms with Gasteiger partial charge in [0.1, 0.15) is 5.54 Å². The molecule has 0 aliphatic carbocycles. The van der Waals surface area contributed by atoms with Crippen LogP contribution in [0, 0.1) is 0 Å². The molecule has 1 atom stereocenters. The maximum atomic E-state index is 12.4. The highest BCUT2D eigenvalue weighted by Gasteiger charge is 2.43. The summed E-state index contributed by atoms with van der Waals surface area (Å²) in [6.07, 6.45) is 0.424. The molecule has 1 aromatic carbocycles. The summed E-state index contributed by atoms with van der Waals surface area (Å²) in [5, 5.41) is 12.1. The fourth-order valence-electron chi connectivity index (χ4n) is 2.26. The van der Waals surface area contributed by atoms with Crippen LogP contribution in [0.4, 0.5) is 0 Å². The number of hydrogen-bond acceptors (Lipinski definition) is 5. The van der Waals surface area contributed by atoms with Gasteiger partial charge in [0, 0.05) is 11.3 Å². The Morgan fingerprint density at radius 1 is 1.41 bits per heavy atom. The van der Waals surface area contributed by atoms with Crippen molar-refractivity contribution in [2.24, 2.45) is 0 Å². The third-order valence-electron chi connectivity index (χ3n) is 3.51. The molecule has 1 aromatic rings. The predicted octanol–water partition coefficient (Wildman–Crippen LogP) is 1.78. The molecule has 1 amide bonds. The van der Waals surface area contributed by atoms with Crippen LogP contribution in [0.5, 0.6) is 11.5 Å². The molecule has 120 valence electrons. The smallest absolute Gasteiger partial charge is 0.330 e. The van der Waals surface area contributed by atoms with E-state index < -0.39 is 17.4 Å². The van der Waals surface area contributed by atoms with E-state index in [1.54, 1.807) is 18.2 Å². The summed E-state index contributed by atoms with van der Waals surface area (Å²) >= 11 is 1.52. The van der Waals surface area contributed by atoms with Crippen LogP contribution in [0.3, 0.4) is 0 Å². The van der Waals surface area contributed by atoms with Crippen molar-refractivity contribution in [2.75, 3.05) is 25.2 Å². The molecule has 1 fully saturated rings. The van der Waals surface area contributed by atoms with E-state index >= 15 is 0 Å². The number of benzene rings is 1. The molecule has 1 aliphatic rings. The summed E-state index contributed by atoms with van der Waals surface area (Å²) in [5.41, 5.74) is -0.842. The summed E-state index contributed by atoms with van der Waals surface area (Å²) in [6, 6.07) is 4.80. The summed E-state index contributed by atoms with van der Waals surface area (Å²) in [5.74, 6) is 0.669. The Morgan fingerprint density at radius 3 is 2.73 bits per heavy atom. The molecule has 1 saturated heterocycles. The first-order valence-corrected chi connectivity index (χ1v) is 8.12. The van der Waals surface area contributed by atoms with Crippen LogP contribution < -0.4 is 14.8 Å². The zero-order valence-electron chi connectivity index (χ0n) is 12.5. The second-order valence-corrected chi connectivity index (χ2v) is 6.05. The first kappa shape index (κ1) is 16.5. The van der Waals surface area contributed by atoms with Crippen molar-refractivity contribution in [3.8, 4) is 11.5 Å². The van der Waals surface area contributed by atoms with Crippen molar-refractivity contribution in [1.29, 1.82) is 0 Å². The predicted molar refractivity (Wildman–Crippen MR) is 83.9 cm³/mol. The second kappa shape index (κ2) is 6.91. The third-order valence-corrected chi connectivity index (χ3v) is 4.70. The number of carbonyl (C=O) groups excluding carboxylic acids is 1. The number of carboxylic acid groups (broad SMARTS) is 1. The Hall–Kier alpha value is -1.89. The van der Waals surface area contributed by atoms with Crippen molar-refractivity contribution in [1.82, 2.24) is 5.32 Å². The van der Waals surface area contributed by atoms with Crippen molar-refractivity contribution in [2.45, 2.75) is 18.9 Å². The van der Waals surface area contributed by atoms with Crippen molar-refractivity contribution < 1.29 is 24.2 Å². The molecule has 1 heterocycles. The first-order valence-electron chi connectivity index (χ1n) is 6.97. The Labute approximate surface area is 133 Å². The fourth-order valence-corrected chi connectivity index (χ4v) is 3.58. The highest BCUT2D eigenvalue weighted by molar-refractivity contribution is 7.99. The van der Waals surface area contributed by atoms with Gasteiger partial charge in [-0.1, -0.05) is 0 Å². The Balaban J connectivity index is 2.20. The standard InChI is InChI=1S/C15H19NO5S/c1-3-21-11-5-4-10(8-12(11)20-2)13(17)16-15(14(18)19)6-7-22-9-15/h4-5,8H,3,6-7,9H2,1-2H3,(H,16,17)(H,18,19)/t15-/m1/s1. The number of aliphatic carboxylic acids is 1. The molecule has 22 heavy (non-hydrogen) atoms. The van der Waals surface area contributed by atoms with E-state index in [2.05, 4.69) is 5.32 Å². The lowest BCUT2D eigenvalue weighted by Crippen LogP contribution is -2.54. The van der Waals surface area contributed by atoms with Gasteiger partial charge in [-0.05, 0) is 37.3 Å². The molecule has 7 heteroatoms. The molecule has 0 unspecified atom stereocenters. The molecule has 1 aliphatic heterocycles. The number of methoxy groups -OCH3 is 1. The van der Waals surface area contributed by atoms with Crippen LogP contribution in [0.25, 0.3) is 0 Å². The number of thioether (sulfide) groups is 1. The van der Waals surface area contributed by atoms with Gasteiger partial charge < -0.3 is 19.9 Å². The van der Waals surface area contributed by atoms with Crippen LogP contribution in [-0.2, 0) is 4.79 Å². The highest BCUT2D eigenvalue weighted by atomic mass is 32.2. The van der Waals surface area contributed by atoms with Crippen LogP contribution in [0.2, 0.25) is 0 Å². The topological polar surface area (TPSA) is 84.9 Å². The monoisotopic (exact) mass is 325 g/mol. The summed E-state index contributed by atoms with van der Waals surface area (Å²) in [6.45, 7) is 2.34. The SMILES string of the molecule is CCOc1ccc(C(=O)N[C@]2(C(=O)O)CCSC2)cc1OC. The number of carbonyl (C=O) groups is 2. The molecule has 0 radical (unpaired) electrons. The second-order valence-electron chi connectivity index (χ2n) is 4.94. The van der Waals surface area contributed by atoms with Crippen molar-refractivity contribution >= 4 is 23.6 Å². The van der Waals surface area contributed by atoms with E-state index in [4.69, 9.17) is 9.47 Å². The Morgan fingerprint density at radius 2 is 2.18 bits per heavy atom. The molecule has 2 N–H and O–H groups in total. The first-order chi connectivity index (χ1) is 10.5. The maximum Gasteiger partial charge on any atom is 0.330 e. The van der Waals surface area contributed by atoms with E-state index in [-0.39, 0.29) is 0 Å². The number of nitrogens with one attached hydrogen (secondary N) is 1. The molecule has 0 aromatic heterocycles. The molecule has 6 nitrogen and oxygen atoms in total. The van der Waals surface area contributed by atoms with Gasteiger partial charge in [-0.2, -0.15) is 11.8 Å². The van der Waals surface area contributed by atoms with Crippen LogP contribution >= 0.6 is 11.8 Å². The van der Waals surface area contributed by atoms with Crippen LogP contribution in [-0.4, -0.2) is 47.7 Å². The average molecular weight is 325 g/mol. The van der Waals surface area contributed by atoms with Gasteiger partial charge in [-0.25, -0.2) is 4.79 Å². The maximum absolute atomic E-state index is 12.4. The molecule has 0 bridgehead atoms. The number of carboxylic acids is 1. The van der Waals surface area contributed by atoms with E-state index in [0.29, 0.717) is 35.8 Å². The quantitative estimate of drug-likeness (QED) is 0.829. The Kier molecular flexibility index (Phi) is 5.18. The lowest BCUT2D eigenvalue weighted by Gasteiger charge is -2.24. The van der Waals surface area contributed by atoms with E-state index in [0.717, 1.165) is 5.75 Å². The normalized spacial score (nSPS) is 20.5. The molecular weight excluding hydrogens is 306 g/mol. The van der Waals surface area contributed by atoms with Crippen LogP contribution in [0.15, 0.2) is 18.2 Å². The van der Waals surface area contributed by atoms with Gasteiger partial charge in [0.25, 0.3) is 5.91 Å². The largest absolute Gasteiger partial charge is 0.493 e. The fraction of sp³-hybridized carbons (Fsp3) is 0.467. The molecular formula is C15H19NO5S. The number of rotatable bonds is 6. The summed E-state index contributed by atoms with van der Waals surface area (Å²) < 4.78 is 10.6.